The van der Waals surface area contributed by atoms with E-state index in [-0.39, 0.29) is 0 Å². The Kier molecular flexibility index (Phi) is 7.81. The van der Waals surface area contributed by atoms with Gasteiger partial charge in [0.1, 0.15) is 0 Å². The summed E-state index contributed by atoms with van der Waals surface area (Å²) in [5.74, 6) is 5.85. The Morgan fingerprint density at radius 3 is 2.29 bits per heavy atom. The highest BCUT2D eigenvalue weighted by molar-refractivity contribution is 5.33. The second-order valence-corrected chi connectivity index (χ2v) is 13.4. The van der Waals surface area contributed by atoms with Gasteiger partial charge in [-0.2, -0.15) is 0 Å². The SMILES string of the molecule is C=C(C)/C=C(\CC)C(=C)NC(C)C1CCC2C3CCC4CC(CC)(CC)CCC4C3CCC12C. The molecular formula is C33H55N. The number of hydrogen-bond acceptors (Lipinski definition) is 1. The summed E-state index contributed by atoms with van der Waals surface area (Å²) in [5.41, 5.74) is 4.74. The largest absolute Gasteiger partial charge is 0.383 e. The van der Waals surface area contributed by atoms with Crippen LogP contribution in [-0.2, 0) is 0 Å². The van der Waals surface area contributed by atoms with Crippen LogP contribution < -0.4 is 5.32 Å². The molecule has 0 aromatic heterocycles. The molecule has 0 bridgehead atoms. The van der Waals surface area contributed by atoms with Gasteiger partial charge in [0.25, 0.3) is 0 Å². The molecule has 4 rings (SSSR count). The maximum atomic E-state index is 4.43. The van der Waals surface area contributed by atoms with Crippen molar-refractivity contribution < 1.29 is 0 Å². The third kappa shape index (κ3) is 4.59. The molecule has 0 amide bonds. The molecule has 4 aliphatic carbocycles. The van der Waals surface area contributed by atoms with Crippen LogP contribution in [0.15, 0.2) is 36.1 Å². The molecule has 0 heterocycles. The molecule has 34 heavy (non-hydrogen) atoms. The summed E-state index contributed by atoms with van der Waals surface area (Å²) in [7, 11) is 0. The Morgan fingerprint density at radius 2 is 1.65 bits per heavy atom. The van der Waals surface area contributed by atoms with Gasteiger partial charge in [0, 0.05) is 11.7 Å². The van der Waals surface area contributed by atoms with Crippen LogP contribution >= 0.6 is 0 Å². The molecule has 4 fully saturated rings. The normalized spacial score (nSPS) is 40.0. The van der Waals surface area contributed by atoms with E-state index < -0.39 is 0 Å². The third-order valence-electron chi connectivity index (χ3n) is 12.0. The molecule has 4 saturated carbocycles. The fourth-order valence-electron chi connectivity index (χ4n) is 9.99. The number of nitrogens with one attached hydrogen (secondary N) is 1. The van der Waals surface area contributed by atoms with E-state index in [2.05, 4.69) is 66.1 Å². The lowest BCUT2D eigenvalue weighted by Crippen LogP contribution is -2.51. The van der Waals surface area contributed by atoms with E-state index in [1.807, 2.05) is 0 Å². The van der Waals surface area contributed by atoms with E-state index in [9.17, 15) is 0 Å². The van der Waals surface area contributed by atoms with Crippen molar-refractivity contribution in [3.05, 3.63) is 36.1 Å². The maximum Gasteiger partial charge on any atom is 0.0301 e. The molecule has 1 heteroatoms. The lowest BCUT2D eigenvalue weighted by Gasteiger charge is -2.58. The van der Waals surface area contributed by atoms with Crippen LogP contribution in [0.3, 0.4) is 0 Å². The second-order valence-electron chi connectivity index (χ2n) is 13.4. The molecule has 0 radical (unpaired) electrons. The predicted molar refractivity (Wildman–Crippen MR) is 149 cm³/mol. The van der Waals surface area contributed by atoms with E-state index in [4.69, 9.17) is 0 Å². The van der Waals surface area contributed by atoms with E-state index in [1.165, 1.54) is 69.8 Å². The molecule has 0 aliphatic heterocycles. The quantitative estimate of drug-likeness (QED) is 0.352. The van der Waals surface area contributed by atoms with Gasteiger partial charge in [-0.3, -0.25) is 0 Å². The Bertz CT molecular complexity index is 784. The Labute approximate surface area is 212 Å². The lowest BCUT2D eigenvalue weighted by atomic mass is 9.47. The second kappa shape index (κ2) is 10.2. The predicted octanol–water partition coefficient (Wildman–Crippen LogP) is 9.47. The van der Waals surface area contributed by atoms with Crippen molar-refractivity contribution in [2.45, 2.75) is 125 Å². The van der Waals surface area contributed by atoms with Gasteiger partial charge in [-0.25, -0.2) is 0 Å². The van der Waals surface area contributed by atoms with Crippen LogP contribution in [0, 0.1) is 46.3 Å². The van der Waals surface area contributed by atoms with Gasteiger partial charge in [0.2, 0.25) is 0 Å². The molecule has 1 nitrogen and oxygen atoms in total. The summed E-state index contributed by atoms with van der Waals surface area (Å²) in [5, 5.41) is 3.87. The molecule has 0 aromatic carbocycles. The Morgan fingerprint density at radius 1 is 0.941 bits per heavy atom. The fraction of sp³-hybridized carbons (Fsp3) is 0.818. The Hall–Kier alpha value is -0.980. The molecule has 0 aromatic rings. The van der Waals surface area contributed by atoms with Gasteiger partial charge in [-0.1, -0.05) is 65.3 Å². The molecule has 4 aliphatic rings. The first-order valence-electron chi connectivity index (χ1n) is 15.0. The van der Waals surface area contributed by atoms with Crippen LogP contribution in [-0.4, -0.2) is 6.04 Å². The molecule has 1 N–H and O–H groups in total. The first kappa shape index (κ1) is 26.1. The van der Waals surface area contributed by atoms with Crippen molar-refractivity contribution in [3.8, 4) is 0 Å². The van der Waals surface area contributed by atoms with Crippen molar-refractivity contribution in [2.24, 2.45) is 46.3 Å². The number of hydrogen-bond donors (Lipinski definition) is 1. The van der Waals surface area contributed by atoms with Crippen LogP contribution in [0.2, 0.25) is 0 Å². The van der Waals surface area contributed by atoms with Gasteiger partial charge in [-0.05, 0) is 130 Å². The zero-order chi connectivity index (χ0) is 24.7. The summed E-state index contributed by atoms with van der Waals surface area (Å²) in [4.78, 5) is 0. The summed E-state index contributed by atoms with van der Waals surface area (Å²) in [6.07, 6.45) is 19.5. The minimum atomic E-state index is 0.500. The smallest absolute Gasteiger partial charge is 0.0301 e. The topological polar surface area (TPSA) is 12.0 Å². The number of rotatable bonds is 8. The van der Waals surface area contributed by atoms with Gasteiger partial charge < -0.3 is 5.32 Å². The Balaban J connectivity index is 1.44. The monoisotopic (exact) mass is 465 g/mol. The molecule has 192 valence electrons. The highest BCUT2D eigenvalue weighted by atomic mass is 14.9. The minimum absolute atomic E-state index is 0.500. The molecule has 0 spiro atoms. The van der Waals surface area contributed by atoms with Crippen molar-refractivity contribution in [1.82, 2.24) is 5.32 Å². The summed E-state index contributed by atoms with van der Waals surface area (Å²) in [6, 6.07) is 0.500. The van der Waals surface area contributed by atoms with E-state index in [0.717, 1.165) is 53.2 Å². The van der Waals surface area contributed by atoms with Crippen molar-refractivity contribution in [2.75, 3.05) is 0 Å². The molecule has 0 saturated heterocycles. The van der Waals surface area contributed by atoms with E-state index in [0.29, 0.717) is 16.9 Å². The highest BCUT2D eigenvalue weighted by Crippen LogP contribution is 2.66. The van der Waals surface area contributed by atoms with E-state index >= 15 is 0 Å². The number of allylic oxidation sites excluding steroid dienone is 3. The fourth-order valence-corrected chi connectivity index (χ4v) is 9.99. The average Bonchev–Trinajstić information content (AvgIpc) is 3.19. The summed E-state index contributed by atoms with van der Waals surface area (Å²) in [6.45, 7) is 22.9. The minimum Gasteiger partial charge on any atom is -0.383 e. The van der Waals surface area contributed by atoms with Crippen molar-refractivity contribution in [3.63, 3.8) is 0 Å². The zero-order valence-electron chi connectivity index (χ0n) is 23.5. The van der Waals surface area contributed by atoms with E-state index in [1.54, 1.807) is 6.42 Å². The van der Waals surface area contributed by atoms with Gasteiger partial charge >= 0.3 is 0 Å². The van der Waals surface area contributed by atoms with Crippen LogP contribution in [0.1, 0.15) is 119 Å². The van der Waals surface area contributed by atoms with Gasteiger partial charge in [0.05, 0.1) is 0 Å². The van der Waals surface area contributed by atoms with Crippen molar-refractivity contribution in [1.29, 1.82) is 0 Å². The standard InChI is InChI=1S/C33H55N/c1-9-25(20-22(4)5)23(6)34-24(7)30-14-15-31-29-13-12-26-21-33(10-2,11-3)19-17-27(26)28(29)16-18-32(30,31)8/h20,24,26-31,34H,4,6,9-19,21H2,1-3,5,7-8H3/b25-20+. The molecular weight excluding hydrogens is 410 g/mol. The van der Waals surface area contributed by atoms with Crippen LogP contribution in [0.4, 0.5) is 0 Å². The summed E-state index contributed by atoms with van der Waals surface area (Å²) >= 11 is 0. The first-order valence-corrected chi connectivity index (χ1v) is 15.0. The maximum absolute atomic E-state index is 4.43. The van der Waals surface area contributed by atoms with Crippen molar-refractivity contribution >= 4 is 0 Å². The molecule has 8 unspecified atom stereocenters. The third-order valence-corrected chi connectivity index (χ3v) is 12.0. The number of fused-ring (bicyclic) bond motifs is 5. The first-order chi connectivity index (χ1) is 16.2. The van der Waals surface area contributed by atoms with Crippen LogP contribution in [0.5, 0.6) is 0 Å². The summed E-state index contributed by atoms with van der Waals surface area (Å²) < 4.78 is 0. The van der Waals surface area contributed by atoms with Gasteiger partial charge in [-0.15, -0.1) is 0 Å². The van der Waals surface area contributed by atoms with Gasteiger partial charge in [0.15, 0.2) is 0 Å². The lowest BCUT2D eigenvalue weighted by molar-refractivity contribution is -0.0833. The zero-order valence-corrected chi connectivity index (χ0v) is 23.5. The molecule has 8 atom stereocenters. The highest BCUT2D eigenvalue weighted by Gasteiger charge is 2.58. The average molecular weight is 466 g/mol. The van der Waals surface area contributed by atoms with Crippen LogP contribution in [0.25, 0.3) is 0 Å².